The van der Waals surface area contributed by atoms with Gasteiger partial charge < -0.3 is 15.1 Å². The van der Waals surface area contributed by atoms with E-state index in [2.05, 4.69) is 49.4 Å². The zero-order chi connectivity index (χ0) is 21.5. The molecule has 4 rings (SSSR count). The normalized spacial score (nSPS) is 13.8. The molecule has 1 saturated heterocycles. The molecular weight excluding hydrogens is 426 g/mol. The van der Waals surface area contributed by atoms with E-state index in [-0.39, 0.29) is 11.7 Å². The van der Waals surface area contributed by atoms with Crippen LogP contribution < -0.4 is 15.1 Å². The molecular formula is C23H25N5OS2. The van der Waals surface area contributed by atoms with Gasteiger partial charge in [0.05, 0.1) is 5.75 Å². The van der Waals surface area contributed by atoms with E-state index in [9.17, 15) is 4.79 Å². The highest BCUT2D eigenvalue weighted by atomic mass is 32.2. The number of hydrogen-bond donors (Lipinski definition) is 1. The average Bonchev–Trinajstić information content (AvgIpc) is 2.84. The SMILES string of the molecule is CSc1cccc(NC(=O)CSc2nccc(N3CCN(c4ccccc4)CC3)n2)c1. The molecule has 0 atom stereocenters. The molecule has 0 aliphatic carbocycles. The number of anilines is 3. The number of hydrogen-bond acceptors (Lipinski definition) is 7. The Bertz CT molecular complexity index is 1010. The number of carbonyl (C=O) groups excluding carboxylic acids is 1. The highest BCUT2D eigenvalue weighted by molar-refractivity contribution is 7.99. The van der Waals surface area contributed by atoms with Crippen LogP contribution in [0.4, 0.5) is 17.2 Å². The Kier molecular flexibility index (Phi) is 7.32. The maximum atomic E-state index is 12.3. The van der Waals surface area contributed by atoms with Crippen molar-refractivity contribution in [2.24, 2.45) is 0 Å². The summed E-state index contributed by atoms with van der Waals surface area (Å²) in [6.45, 7) is 3.71. The van der Waals surface area contributed by atoms with Gasteiger partial charge in [-0.05, 0) is 42.7 Å². The predicted octanol–water partition coefficient (Wildman–Crippen LogP) is 4.26. The van der Waals surface area contributed by atoms with Crippen LogP contribution in [0, 0.1) is 0 Å². The second-order valence-electron chi connectivity index (χ2n) is 7.08. The van der Waals surface area contributed by atoms with Gasteiger partial charge in [0.25, 0.3) is 0 Å². The van der Waals surface area contributed by atoms with Crippen molar-refractivity contribution in [2.45, 2.75) is 10.1 Å². The molecule has 0 radical (unpaired) electrons. The van der Waals surface area contributed by atoms with Crippen LogP contribution in [0.5, 0.6) is 0 Å². The lowest BCUT2D eigenvalue weighted by molar-refractivity contribution is -0.113. The first kappa shape index (κ1) is 21.5. The van der Waals surface area contributed by atoms with E-state index in [4.69, 9.17) is 0 Å². The van der Waals surface area contributed by atoms with E-state index in [1.54, 1.807) is 18.0 Å². The molecule has 1 amide bonds. The van der Waals surface area contributed by atoms with Gasteiger partial charge in [0.2, 0.25) is 5.91 Å². The van der Waals surface area contributed by atoms with E-state index >= 15 is 0 Å². The zero-order valence-electron chi connectivity index (χ0n) is 17.4. The number of benzene rings is 2. The zero-order valence-corrected chi connectivity index (χ0v) is 19.0. The molecule has 0 spiro atoms. The Balaban J connectivity index is 1.30. The van der Waals surface area contributed by atoms with Crippen molar-refractivity contribution in [2.75, 3.05) is 53.3 Å². The molecule has 1 aliphatic rings. The van der Waals surface area contributed by atoms with Crippen LogP contribution >= 0.6 is 23.5 Å². The topological polar surface area (TPSA) is 61.4 Å². The first-order chi connectivity index (χ1) is 15.2. The van der Waals surface area contributed by atoms with E-state index in [0.717, 1.165) is 42.6 Å². The van der Waals surface area contributed by atoms with Gasteiger partial charge in [-0.25, -0.2) is 9.97 Å². The Labute approximate surface area is 191 Å². The summed E-state index contributed by atoms with van der Waals surface area (Å²) in [4.78, 5) is 27.1. The minimum absolute atomic E-state index is 0.0614. The molecule has 1 aromatic heterocycles. The molecule has 0 saturated carbocycles. The number of para-hydroxylation sites is 1. The maximum Gasteiger partial charge on any atom is 0.234 e. The number of piperazine rings is 1. The quantitative estimate of drug-likeness (QED) is 0.425. The smallest absolute Gasteiger partial charge is 0.234 e. The van der Waals surface area contributed by atoms with Crippen LogP contribution in [0.15, 0.2) is 76.9 Å². The molecule has 1 fully saturated rings. The molecule has 2 heterocycles. The lowest BCUT2D eigenvalue weighted by atomic mass is 10.2. The van der Waals surface area contributed by atoms with Gasteiger partial charge in [0.15, 0.2) is 5.16 Å². The standard InChI is InChI=1S/C23H25N5OS2/c1-30-20-9-5-6-18(16-20)25-22(29)17-31-23-24-11-10-21(26-23)28-14-12-27(13-15-28)19-7-3-2-4-8-19/h2-11,16H,12-15,17H2,1H3,(H,25,29). The average molecular weight is 452 g/mol. The van der Waals surface area contributed by atoms with Crippen LogP contribution in [0.1, 0.15) is 0 Å². The van der Waals surface area contributed by atoms with Gasteiger partial charge in [-0.2, -0.15) is 0 Å². The van der Waals surface area contributed by atoms with Crippen molar-refractivity contribution in [1.82, 2.24) is 9.97 Å². The molecule has 1 N–H and O–H groups in total. The lowest BCUT2D eigenvalue weighted by Gasteiger charge is -2.36. The van der Waals surface area contributed by atoms with Gasteiger partial charge >= 0.3 is 0 Å². The Morgan fingerprint density at radius 1 is 1.00 bits per heavy atom. The van der Waals surface area contributed by atoms with Crippen LogP contribution in [0.3, 0.4) is 0 Å². The molecule has 31 heavy (non-hydrogen) atoms. The van der Waals surface area contributed by atoms with Gasteiger partial charge in [0, 0.05) is 48.6 Å². The number of carbonyl (C=O) groups is 1. The fourth-order valence-corrected chi connectivity index (χ4v) is 4.52. The Morgan fingerprint density at radius 2 is 1.77 bits per heavy atom. The monoisotopic (exact) mass is 451 g/mol. The fraction of sp³-hybridized carbons (Fsp3) is 0.261. The Morgan fingerprint density at radius 3 is 2.55 bits per heavy atom. The number of thioether (sulfide) groups is 2. The highest BCUT2D eigenvalue weighted by Gasteiger charge is 2.19. The number of nitrogens with zero attached hydrogens (tertiary/aromatic N) is 4. The highest BCUT2D eigenvalue weighted by Crippen LogP contribution is 2.22. The third-order valence-electron chi connectivity index (χ3n) is 5.03. The third kappa shape index (κ3) is 5.92. The van der Waals surface area contributed by atoms with E-state index in [1.807, 2.05) is 42.7 Å². The van der Waals surface area contributed by atoms with E-state index in [0.29, 0.717) is 5.16 Å². The second-order valence-corrected chi connectivity index (χ2v) is 8.90. The predicted molar refractivity (Wildman–Crippen MR) is 130 cm³/mol. The van der Waals surface area contributed by atoms with Crippen molar-refractivity contribution < 1.29 is 4.79 Å². The summed E-state index contributed by atoms with van der Waals surface area (Å²) in [7, 11) is 0. The number of aromatic nitrogens is 2. The minimum Gasteiger partial charge on any atom is -0.368 e. The second kappa shape index (κ2) is 10.5. The summed E-state index contributed by atoms with van der Waals surface area (Å²) < 4.78 is 0. The van der Waals surface area contributed by atoms with Gasteiger partial charge in [0.1, 0.15) is 5.82 Å². The summed E-state index contributed by atoms with van der Waals surface area (Å²) in [6, 6.07) is 20.3. The third-order valence-corrected chi connectivity index (χ3v) is 6.62. The summed E-state index contributed by atoms with van der Waals surface area (Å²) >= 11 is 3.01. The summed E-state index contributed by atoms with van der Waals surface area (Å²) in [6.07, 6.45) is 3.79. The summed E-state index contributed by atoms with van der Waals surface area (Å²) in [5, 5.41) is 3.56. The summed E-state index contributed by atoms with van der Waals surface area (Å²) in [5.74, 6) is 1.13. The number of amides is 1. The van der Waals surface area contributed by atoms with Crippen LogP contribution in [0.25, 0.3) is 0 Å². The van der Waals surface area contributed by atoms with Crippen LogP contribution in [0.2, 0.25) is 0 Å². The maximum absolute atomic E-state index is 12.3. The van der Waals surface area contributed by atoms with Crippen molar-refractivity contribution in [3.63, 3.8) is 0 Å². The fourth-order valence-electron chi connectivity index (χ4n) is 3.44. The van der Waals surface area contributed by atoms with Gasteiger partial charge in [-0.15, -0.1) is 11.8 Å². The Hall–Kier alpha value is -2.71. The minimum atomic E-state index is -0.0614. The van der Waals surface area contributed by atoms with Crippen molar-refractivity contribution in [3.8, 4) is 0 Å². The first-order valence-electron chi connectivity index (χ1n) is 10.2. The van der Waals surface area contributed by atoms with Crippen LogP contribution in [-0.2, 0) is 4.79 Å². The molecule has 6 nitrogen and oxygen atoms in total. The van der Waals surface area contributed by atoms with E-state index < -0.39 is 0 Å². The lowest BCUT2D eigenvalue weighted by Crippen LogP contribution is -2.46. The van der Waals surface area contributed by atoms with Crippen LogP contribution in [-0.4, -0.2) is 54.1 Å². The van der Waals surface area contributed by atoms with Gasteiger partial charge in [-0.1, -0.05) is 36.0 Å². The van der Waals surface area contributed by atoms with E-state index in [1.165, 1.54) is 17.4 Å². The molecule has 0 bridgehead atoms. The molecule has 1 aliphatic heterocycles. The van der Waals surface area contributed by atoms with Crippen molar-refractivity contribution >= 4 is 46.6 Å². The molecule has 3 aromatic rings. The molecule has 0 unspecified atom stereocenters. The molecule has 8 heteroatoms. The molecule has 2 aromatic carbocycles. The van der Waals surface area contributed by atoms with Crippen molar-refractivity contribution in [3.05, 3.63) is 66.9 Å². The first-order valence-corrected chi connectivity index (χ1v) is 12.4. The summed E-state index contributed by atoms with van der Waals surface area (Å²) in [5.41, 5.74) is 2.07. The number of nitrogens with one attached hydrogen (secondary N) is 1. The largest absolute Gasteiger partial charge is 0.368 e. The van der Waals surface area contributed by atoms with Crippen molar-refractivity contribution in [1.29, 1.82) is 0 Å². The number of rotatable bonds is 7. The molecule has 160 valence electrons. The van der Waals surface area contributed by atoms with Gasteiger partial charge in [-0.3, -0.25) is 4.79 Å².